The number of benzene rings is 2. The van der Waals surface area contributed by atoms with Crippen LogP contribution in [-0.2, 0) is 11.4 Å². The van der Waals surface area contributed by atoms with E-state index >= 15 is 0 Å². The van der Waals surface area contributed by atoms with Crippen molar-refractivity contribution in [2.24, 2.45) is 0 Å². The Labute approximate surface area is 249 Å². The number of imidazole rings is 1. The summed E-state index contributed by atoms with van der Waals surface area (Å²) in [6.07, 6.45) is 1.26. The van der Waals surface area contributed by atoms with Gasteiger partial charge in [-0.1, -0.05) is 6.07 Å². The lowest BCUT2D eigenvalue weighted by atomic mass is 9.93. The monoisotopic (exact) mass is 600 g/mol. The molecule has 1 aliphatic rings. The Morgan fingerprint density at radius 3 is 2.72 bits per heavy atom. The quantitative estimate of drug-likeness (QED) is 0.112. The van der Waals surface area contributed by atoms with Gasteiger partial charge in [-0.25, -0.2) is 14.8 Å². The van der Waals surface area contributed by atoms with Crippen LogP contribution >= 0.6 is 11.3 Å². The zero-order valence-corrected chi connectivity index (χ0v) is 23.8. The predicted octanol–water partition coefficient (Wildman–Crippen LogP) is 4.20. The number of aryl methyl sites for hydroxylation is 1. The summed E-state index contributed by atoms with van der Waals surface area (Å²) in [6, 6.07) is 14.1. The van der Waals surface area contributed by atoms with Gasteiger partial charge in [-0.3, -0.25) is 9.59 Å². The standard InChI is InChI=1S/C26H19N5O4S.C4H9NO2/c1-12-2-4-15(22(28-12)25(33)34)16-10-21-18(23-13(11-35-21)6-7-36-23)9-17(16)24(32)29-14-3-5-19-20(8-14)31-26(27)30-19;6-3-1-2-5-4-7/h2-10H,11H2,1H3,(H,29,32)(H,33,34)(H3,27,30,31);4,6H,1-3H2,(H,5,7). The first-order valence-corrected chi connectivity index (χ1v) is 14.1. The second-order valence-corrected chi connectivity index (χ2v) is 10.5. The molecule has 2 amide bonds. The van der Waals surface area contributed by atoms with Gasteiger partial charge in [-0.15, -0.1) is 11.3 Å². The average molecular weight is 601 g/mol. The van der Waals surface area contributed by atoms with Gasteiger partial charge in [0.1, 0.15) is 12.4 Å². The minimum absolute atomic E-state index is 0.133. The zero-order valence-electron chi connectivity index (χ0n) is 23.0. The summed E-state index contributed by atoms with van der Waals surface area (Å²) in [4.78, 5) is 47.6. The number of carbonyl (C=O) groups excluding carboxylic acids is 2. The highest BCUT2D eigenvalue weighted by molar-refractivity contribution is 7.13. The van der Waals surface area contributed by atoms with Gasteiger partial charge in [0, 0.05) is 57.2 Å². The number of rotatable bonds is 8. The third-order valence-corrected chi connectivity index (χ3v) is 7.58. The van der Waals surface area contributed by atoms with Gasteiger partial charge in [-0.05, 0) is 61.2 Å². The number of aromatic carboxylic acids is 1. The number of ether oxygens (including phenoxy) is 1. The maximum atomic E-state index is 13.7. The van der Waals surface area contributed by atoms with E-state index in [1.54, 1.807) is 60.7 Å². The number of H-pyrrole nitrogens is 1. The number of aromatic amines is 1. The van der Waals surface area contributed by atoms with Crippen LogP contribution in [0, 0.1) is 6.92 Å². The number of fused-ring (bicyclic) bond motifs is 4. The van der Waals surface area contributed by atoms with Crippen molar-refractivity contribution in [1.29, 1.82) is 0 Å². The van der Waals surface area contributed by atoms with E-state index in [0.29, 0.717) is 70.8 Å². The number of carbonyl (C=O) groups is 3. The fraction of sp³-hybridized carbons (Fsp3) is 0.167. The number of carboxylic acid groups (broad SMARTS) is 1. The van der Waals surface area contributed by atoms with Crippen molar-refractivity contribution in [3.05, 3.63) is 76.4 Å². The van der Waals surface area contributed by atoms with Crippen molar-refractivity contribution in [2.45, 2.75) is 20.0 Å². The lowest BCUT2D eigenvalue weighted by Crippen LogP contribution is -2.15. The van der Waals surface area contributed by atoms with Crippen molar-refractivity contribution in [1.82, 2.24) is 20.3 Å². The van der Waals surface area contributed by atoms with Gasteiger partial charge in [-0.2, -0.15) is 0 Å². The molecule has 0 saturated carbocycles. The number of aliphatic hydroxyl groups excluding tert-OH is 1. The van der Waals surface area contributed by atoms with E-state index in [2.05, 4.69) is 25.6 Å². The number of hydrogen-bond donors (Lipinski definition) is 6. The van der Waals surface area contributed by atoms with Crippen LogP contribution in [-0.4, -0.2) is 56.6 Å². The van der Waals surface area contributed by atoms with Crippen LogP contribution in [0.3, 0.4) is 0 Å². The molecule has 5 aromatic rings. The molecule has 0 radical (unpaired) electrons. The van der Waals surface area contributed by atoms with E-state index in [9.17, 15) is 19.5 Å². The number of thiophene rings is 1. The number of nitrogens with two attached hydrogens (primary N) is 1. The Morgan fingerprint density at radius 1 is 1.12 bits per heavy atom. The summed E-state index contributed by atoms with van der Waals surface area (Å²) in [7, 11) is 0. The summed E-state index contributed by atoms with van der Waals surface area (Å²) in [5.41, 5.74) is 10.9. The SMILES string of the molecule is Cc1ccc(-c2cc3c(cc2C(=O)Nc2ccc4nc(N)[nH]c4c2)-c2sccc2CO3)c(C(=O)O)n1.O=CNCCCO. The molecule has 2 aromatic carbocycles. The van der Waals surface area contributed by atoms with E-state index in [0.717, 1.165) is 16.0 Å². The summed E-state index contributed by atoms with van der Waals surface area (Å²) in [6.45, 7) is 2.83. The first kappa shape index (κ1) is 29.2. The van der Waals surface area contributed by atoms with Crippen molar-refractivity contribution >= 4 is 52.3 Å². The highest BCUT2D eigenvalue weighted by atomic mass is 32.1. The Morgan fingerprint density at radius 2 is 1.95 bits per heavy atom. The van der Waals surface area contributed by atoms with Crippen LogP contribution in [0.4, 0.5) is 11.6 Å². The molecule has 12 nitrogen and oxygen atoms in total. The van der Waals surface area contributed by atoms with Crippen molar-refractivity contribution < 1.29 is 29.3 Å². The molecule has 6 rings (SSSR count). The third kappa shape index (κ3) is 6.32. The number of carboxylic acids is 1. The fourth-order valence-electron chi connectivity index (χ4n) is 4.61. The Kier molecular flexibility index (Phi) is 8.64. The maximum Gasteiger partial charge on any atom is 0.355 e. The summed E-state index contributed by atoms with van der Waals surface area (Å²) in [5, 5.41) is 25.3. The Bertz CT molecular complexity index is 1830. The molecular weight excluding hydrogens is 572 g/mol. The molecule has 0 spiro atoms. The summed E-state index contributed by atoms with van der Waals surface area (Å²) < 4.78 is 5.98. The number of nitrogens with zero attached hydrogens (tertiary/aromatic N) is 2. The Balaban J connectivity index is 0.000000472. The third-order valence-electron chi connectivity index (χ3n) is 6.59. The molecule has 13 heteroatoms. The van der Waals surface area contributed by atoms with Gasteiger partial charge in [0.15, 0.2) is 11.6 Å². The number of amides is 2. The van der Waals surface area contributed by atoms with Crippen LogP contribution in [0.25, 0.3) is 32.6 Å². The van der Waals surface area contributed by atoms with Crippen LogP contribution in [0.2, 0.25) is 0 Å². The number of nitrogen functional groups attached to an aromatic ring is 1. The molecular formula is C30H28N6O6S. The molecule has 1 aliphatic heterocycles. The molecule has 4 heterocycles. The van der Waals surface area contributed by atoms with Gasteiger partial charge in [0.05, 0.1) is 11.0 Å². The molecule has 0 atom stereocenters. The minimum Gasteiger partial charge on any atom is -0.488 e. The number of pyridine rings is 1. The summed E-state index contributed by atoms with van der Waals surface area (Å²) in [5.74, 6) is -0.713. The van der Waals surface area contributed by atoms with E-state index < -0.39 is 11.9 Å². The fourth-order valence-corrected chi connectivity index (χ4v) is 5.54. The van der Waals surface area contributed by atoms with Crippen LogP contribution in [0.15, 0.2) is 53.9 Å². The molecule has 0 saturated heterocycles. The minimum atomic E-state index is -1.18. The van der Waals surface area contributed by atoms with Crippen LogP contribution in [0.1, 0.15) is 38.5 Å². The van der Waals surface area contributed by atoms with Crippen LogP contribution < -0.4 is 21.1 Å². The van der Waals surface area contributed by atoms with Gasteiger partial charge < -0.3 is 36.3 Å². The topological polar surface area (TPSA) is 193 Å². The predicted molar refractivity (Wildman–Crippen MR) is 163 cm³/mol. The number of nitrogens with one attached hydrogen (secondary N) is 3. The molecule has 0 aliphatic carbocycles. The van der Waals surface area contributed by atoms with E-state index in [1.807, 2.05) is 11.4 Å². The largest absolute Gasteiger partial charge is 0.488 e. The van der Waals surface area contributed by atoms with Crippen molar-refractivity contribution in [3.8, 4) is 27.3 Å². The Hall–Kier alpha value is -5.27. The smallest absolute Gasteiger partial charge is 0.355 e. The number of anilines is 2. The lowest BCUT2D eigenvalue weighted by Gasteiger charge is -2.21. The van der Waals surface area contributed by atoms with Gasteiger partial charge >= 0.3 is 5.97 Å². The highest BCUT2D eigenvalue weighted by Crippen LogP contribution is 2.44. The lowest BCUT2D eigenvalue weighted by molar-refractivity contribution is -0.109. The molecule has 0 unspecified atom stereocenters. The zero-order chi connectivity index (χ0) is 30.5. The number of aromatic nitrogens is 3. The van der Waals surface area contributed by atoms with Gasteiger partial charge in [0.25, 0.3) is 5.91 Å². The maximum absolute atomic E-state index is 13.7. The molecule has 3 aromatic heterocycles. The van der Waals surface area contributed by atoms with E-state index in [4.69, 9.17) is 15.6 Å². The van der Waals surface area contributed by atoms with Crippen LogP contribution in [0.5, 0.6) is 5.75 Å². The van der Waals surface area contributed by atoms with Crippen molar-refractivity contribution in [3.63, 3.8) is 0 Å². The molecule has 7 N–H and O–H groups in total. The van der Waals surface area contributed by atoms with E-state index in [1.165, 1.54) is 0 Å². The average Bonchev–Trinajstić information content (AvgIpc) is 3.62. The van der Waals surface area contributed by atoms with Gasteiger partial charge in [0.2, 0.25) is 6.41 Å². The first-order chi connectivity index (χ1) is 20.8. The molecule has 220 valence electrons. The molecule has 0 bridgehead atoms. The normalized spacial score (nSPS) is 11.4. The first-order valence-electron chi connectivity index (χ1n) is 13.2. The molecule has 0 fully saturated rings. The second kappa shape index (κ2) is 12.7. The van der Waals surface area contributed by atoms with E-state index in [-0.39, 0.29) is 18.2 Å². The number of aliphatic hydroxyl groups is 1. The van der Waals surface area contributed by atoms with Crippen molar-refractivity contribution in [2.75, 3.05) is 24.2 Å². The number of hydrogen-bond acceptors (Lipinski definition) is 9. The second-order valence-electron chi connectivity index (χ2n) is 9.57. The highest BCUT2D eigenvalue weighted by Gasteiger charge is 2.26. The summed E-state index contributed by atoms with van der Waals surface area (Å²) >= 11 is 1.57. The molecule has 43 heavy (non-hydrogen) atoms.